The number of hydrogen-bond donors (Lipinski definition) is 1. The predicted octanol–water partition coefficient (Wildman–Crippen LogP) is 1.39. The lowest BCUT2D eigenvalue weighted by Crippen LogP contribution is -2.35. The van der Waals surface area contributed by atoms with Crippen LogP contribution in [0.4, 0.5) is 5.95 Å². The van der Waals surface area contributed by atoms with Gasteiger partial charge >= 0.3 is 0 Å². The van der Waals surface area contributed by atoms with Crippen LogP contribution in [0.5, 0.6) is 0 Å². The van der Waals surface area contributed by atoms with Crippen LogP contribution in [0, 0.1) is 6.92 Å². The molecule has 0 radical (unpaired) electrons. The molecular formula is C14H23IN6. The van der Waals surface area contributed by atoms with Crippen molar-refractivity contribution in [1.29, 1.82) is 0 Å². The van der Waals surface area contributed by atoms with Crippen molar-refractivity contribution in [2.75, 3.05) is 38.1 Å². The minimum atomic E-state index is 0. The SMILES string of the molecule is Cc1cc(CNC2=NCCN2C)nc(N2CCCC2)n1.I. The summed E-state index contributed by atoms with van der Waals surface area (Å²) in [5.41, 5.74) is 2.06. The van der Waals surface area contributed by atoms with Crippen molar-refractivity contribution >= 4 is 35.9 Å². The minimum Gasteiger partial charge on any atom is -0.351 e. The first kappa shape index (κ1) is 16.3. The fourth-order valence-corrected chi connectivity index (χ4v) is 2.66. The van der Waals surface area contributed by atoms with Crippen LogP contribution in [0.15, 0.2) is 11.1 Å². The van der Waals surface area contributed by atoms with Gasteiger partial charge in [-0.05, 0) is 25.8 Å². The number of aromatic nitrogens is 2. The van der Waals surface area contributed by atoms with E-state index in [9.17, 15) is 0 Å². The zero-order chi connectivity index (χ0) is 13.9. The van der Waals surface area contributed by atoms with Crippen molar-refractivity contribution in [2.45, 2.75) is 26.3 Å². The Morgan fingerprint density at radius 1 is 1.19 bits per heavy atom. The van der Waals surface area contributed by atoms with Gasteiger partial charge in [-0.15, -0.1) is 24.0 Å². The van der Waals surface area contributed by atoms with Crippen LogP contribution in [0.25, 0.3) is 0 Å². The van der Waals surface area contributed by atoms with E-state index in [-0.39, 0.29) is 24.0 Å². The van der Waals surface area contributed by atoms with Crippen molar-refractivity contribution in [3.8, 4) is 0 Å². The molecule has 2 aliphatic heterocycles. The third-order valence-electron chi connectivity index (χ3n) is 3.77. The average molecular weight is 402 g/mol. The third-order valence-corrected chi connectivity index (χ3v) is 3.77. The molecular weight excluding hydrogens is 379 g/mol. The zero-order valence-electron chi connectivity index (χ0n) is 12.7. The maximum atomic E-state index is 4.68. The van der Waals surface area contributed by atoms with E-state index in [1.54, 1.807) is 0 Å². The number of hydrogen-bond acceptors (Lipinski definition) is 6. The van der Waals surface area contributed by atoms with E-state index in [0.717, 1.165) is 49.5 Å². The lowest BCUT2D eigenvalue weighted by atomic mass is 10.3. The number of nitrogens with one attached hydrogen (secondary N) is 1. The van der Waals surface area contributed by atoms with Crippen molar-refractivity contribution in [2.24, 2.45) is 4.99 Å². The molecule has 1 aromatic heterocycles. The summed E-state index contributed by atoms with van der Waals surface area (Å²) in [7, 11) is 2.06. The molecule has 0 aromatic carbocycles. The van der Waals surface area contributed by atoms with Crippen LogP contribution in [0.1, 0.15) is 24.2 Å². The maximum absolute atomic E-state index is 4.68. The zero-order valence-corrected chi connectivity index (χ0v) is 15.0. The summed E-state index contributed by atoms with van der Waals surface area (Å²) in [6.45, 7) is 6.75. The second kappa shape index (κ2) is 7.24. The lowest BCUT2D eigenvalue weighted by molar-refractivity contribution is 0.533. The first-order valence-corrected chi connectivity index (χ1v) is 7.31. The van der Waals surface area contributed by atoms with Crippen LogP contribution in [-0.4, -0.2) is 54.1 Å². The maximum Gasteiger partial charge on any atom is 0.225 e. The van der Waals surface area contributed by atoms with Gasteiger partial charge in [-0.2, -0.15) is 0 Å². The first-order valence-electron chi connectivity index (χ1n) is 7.31. The Morgan fingerprint density at radius 3 is 2.62 bits per heavy atom. The van der Waals surface area contributed by atoms with Gasteiger partial charge in [0.2, 0.25) is 5.95 Å². The molecule has 0 bridgehead atoms. The standard InChI is InChI=1S/C14H22N6.HI/c1-11-9-12(10-16-13-15-5-8-19(13)2)18-14(17-11)20-6-3-4-7-20;/h9H,3-8,10H2,1-2H3,(H,15,16);1H. The topological polar surface area (TPSA) is 56.7 Å². The van der Waals surface area contributed by atoms with Crippen LogP contribution in [0.3, 0.4) is 0 Å². The Balaban J connectivity index is 0.00000161. The Kier molecular flexibility index (Phi) is 5.60. The third kappa shape index (κ3) is 3.96. The Bertz CT molecular complexity index is 512. The summed E-state index contributed by atoms with van der Waals surface area (Å²) < 4.78 is 0. The highest BCUT2D eigenvalue weighted by molar-refractivity contribution is 14.0. The number of rotatable bonds is 3. The summed E-state index contributed by atoms with van der Waals surface area (Å²) in [6.07, 6.45) is 2.49. The summed E-state index contributed by atoms with van der Waals surface area (Å²) in [4.78, 5) is 18.1. The van der Waals surface area contributed by atoms with Crippen molar-refractivity contribution in [1.82, 2.24) is 20.2 Å². The van der Waals surface area contributed by atoms with Gasteiger partial charge in [-0.1, -0.05) is 0 Å². The Labute approximate surface area is 143 Å². The number of likely N-dealkylation sites (N-methyl/N-ethyl adjacent to an activating group) is 1. The number of aryl methyl sites for hydroxylation is 1. The second-order valence-electron chi connectivity index (χ2n) is 5.48. The molecule has 2 aliphatic rings. The molecule has 3 rings (SSSR count). The Hall–Kier alpha value is -1.12. The fourth-order valence-electron chi connectivity index (χ4n) is 2.66. The van der Waals surface area contributed by atoms with Crippen LogP contribution in [-0.2, 0) is 6.54 Å². The predicted molar refractivity (Wildman–Crippen MR) is 95.4 cm³/mol. The van der Waals surface area contributed by atoms with Gasteiger partial charge in [0.15, 0.2) is 5.96 Å². The number of guanidine groups is 1. The van der Waals surface area contributed by atoms with Crippen molar-refractivity contribution < 1.29 is 0 Å². The number of nitrogens with zero attached hydrogens (tertiary/aromatic N) is 5. The summed E-state index contributed by atoms with van der Waals surface area (Å²) in [6, 6.07) is 2.04. The van der Waals surface area contributed by atoms with Gasteiger partial charge in [0.25, 0.3) is 0 Å². The van der Waals surface area contributed by atoms with Gasteiger partial charge < -0.3 is 15.1 Å². The molecule has 7 heteroatoms. The normalized spacial score (nSPS) is 17.7. The van der Waals surface area contributed by atoms with Gasteiger partial charge in [0.05, 0.1) is 18.8 Å². The molecule has 0 saturated carbocycles. The molecule has 116 valence electrons. The molecule has 1 saturated heterocycles. The molecule has 0 unspecified atom stereocenters. The average Bonchev–Trinajstić information content (AvgIpc) is 3.07. The van der Waals surface area contributed by atoms with E-state index < -0.39 is 0 Å². The number of anilines is 1. The second-order valence-corrected chi connectivity index (χ2v) is 5.48. The van der Waals surface area contributed by atoms with E-state index >= 15 is 0 Å². The quantitative estimate of drug-likeness (QED) is 0.775. The smallest absolute Gasteiger partial charge is 0.225 e. The highest BCUT2D eigenvalue weighted by Gasteiger charge is 2.16. The molecule has 21 heavy (non-hydrogen) atoms. The minimum absolute atomic E-state index is 0. The number of halogens is 1. The molecule has 0 aliphatic carbocycles. The summed E-state index contributed by atoms with van der Waals surface area (Å²) in [5.74, 6) is 1.84. The molecule has 3 heterocycles. The molecule has 6 nitrogen and oxygen atoms in total. The monoisotopic (exact) mass is 402 g/mol. The highest BCUT2D eigenvalue weighted by atomic mass is 127. The fraction of sp³-hybridized carbons (Fsp3) is 0.643. The van der Waals surface area contributed by atoms with Crippen molar-refractivity contribution in [3.63, 3.8) is 0 Å². The lowest BCUT2D eigenvalue weighted by Gasteiger charge is -2.18. The number of aliphatic imine (C=N–C) groups is 1. The largest absolute Gasteiger partial charge is 0.351 e. The van der Waals surface area contributed by atoms with Gasteiger partial charge in [-0.25, -0.2) is 9.97 Å². The van der Waals surface area contributed by atoms with E-state index in [1.807, 2.05) is 13.0 Å². The molecule has 0 spiro atoms. The summed E-state index contributed by atoms with van der Waals surface area (Å²) in [5, 5.41) is 3.36. The van der Waals surface area contributed by atoms with Crippen LogP contribution in [0.2, 0.25) is 0 Å². The molecule has 1 aromatic rings. The Morgan fingerprint density at radius 2 is 1.95 bits per heavy atom. The van der Waals surface area contributed by atoms with Crippen LogP contribution >= 0.6 is 24.0 Å². The van der Waals surface area contributed by atoms with E-state index in [2.05, 4.69) is 37.1 Å². The van der Waals surface area contributed by atoms with Gasteiger partial charge in [0.1, 0.15) is 0 Å². The van der Waals surface area contributed by atoms with Crippen molar-refractivity contribution in [3.05, 3.63) is 17.5 Å². The highest BCUT2D eigenvalue weighted by Crippen LogP contribution is 2.16. The molecule has 0 amide bonds. The van der Waals surface area contributed by atoms with Gasteiger partial charge in [0, 0.05) is 32.4 Å². The van der Waals surface area contributed by atoms with E-state index in [1.165, 1.54) is 12.8 Å². The molecule has 1 N–H and O–H groups in total. The molecule has 1 fully saturated rings. The van der Waals surface area contributed by atoms with E-state index in [4.69, 9.17) is 0 Å². The first-order chi connectivity index (χ1) is 9.72. The summed E-state index contributed by atoms with van der Waals surface area (Å²) >= 11 is 0. The van der Waals surface area contributed by atoms with Crippen LogP contribution < -0.4 is 10.2 Å². The van der Waals surface area contributed by atoms with E-state index in [0.29, 0.717) is 6.54 Å². The molecule has 0 atom stereocenters. The van der Waals surface area contributed by atoms with Gasteiger partial charge in [-0.3, -0.25) is 4.99 Å².